The lowest BCUT2D eigenvalue weighted by atomic mass is 10.3. The average Bonchev–Trinajstić information content (AvgIpc) is 1.96. The summed E-state index contributed by atoms with van der Waals surface area (Å²) < 4.78 is 24.4. The molecule has 1 aromatic heterocycles. The van der Waals surface area contributed by atoms with Crippen molar-refractivity contribution in [2.45, 2.75) is 0 Å². The van der Waals surface area contributed by atoms with Gasteiger partial charge in [-0.25, -0.2) is 0 Å². The van der Waals surface area contributed by atoms with Gasteiger partial charge >= 0.3 is 0 Å². The molecule has 1 rings (SSSR count). The second-order valence-electron chi connectivity index (χ2n) is 1.79. The van der Waals surface area contributed by atoms with Gasteiger partial charge in [-0.15, -0.1) is 0 Å². The van der Waals surface area contributed by atoms with Crippen LogP contribution in [-0.4, -0.2) is 16.4 Å². The Kier molecular flexibility index (Phi) is 1.80. The van der Waals surface area contributed by atoms with Gasteiger partial charge in [-0.3, -0.25) is 4.79 Å². The van der Waals surface area contributed by atoms with E-state index in [2.05, 4.69) is 4.98 Å². The molecule has 0 aliphatic heterocycles. The standard InChI is InChI=1S/C6H3F2NO2/c7-4-1-3(2-10)5(11)6(8)9-4/h1-2,11H. The number of hydrogen-bond acceptors (Lipinski definition) is 3. The largest absolute Gasteiger partial charge is 0.503 e. The Labute approximate surface area is 60.3 Å². The average molecular weight is 159 g/mol. The summed E-state index contributed by atoms with van der Waals surface area (Å²) in [5.41, 5.74) is -0.449. The molecule has 0 aliphatic rings. The van der Waals surface area contributed by atoms with E-state index in [4.69, 9.17) is 5.11 Å². The van der Waals surface area contributed by atoms with Crippen molar-refractivity contribution in [1.29, 1.82) is 0 Å². The van der Waals surface area contributed by atoms with Gasteiger partial charge in [0.05, 0.1) is 5.56 Å². The first kappa shape index (κ1) is 7.59. The number of aromatic hydroxyl groups is 1. The number of carbonyl (C=O) groups is 1. The first-order valence-corrected chi connectivity index (χ1v) is 2.65. The van der Waals surface area contributed by atoms with Gasteiger partial charge in [0.1, 0.15) is 0 Å². The highest BCUT2D eigenvalue weighted by molar-refractivity contribution is 5.78. The van der Waals surface area contributed by atoms with Crippen molar-refractivity contribution < 1.29 is 18.7 Å². The van der Waals surface area contributed by atoms with Crippen LogP contribution in [-0.2, 0) is 0 Å². The Balaban J connectivity index is 3.35. The third kappa shape index (κ3) is 1.31. The zero-order chi connectivity index (χ0) is 8.43. The normalized spacial score (nSPS) is 9.64. The maximum absolute atomic E-state index is 12.3. The third-order valence-corrected chi connectivity index (χ3v) is 1.08. The van der Waals surface area contributed by atoms with Crippen LogP contribution in [0.4, 0.5) is 8.78 Å². The minimum Gasteiger partial charge on any atom is -0.503 e. The zero-order valence-electron chi connectivity index (χ0n) is 5.21. The summed E-state index contributed by atoms with van der Waals surface area (Å²) in [5.74, 6) is -3.45. The molecule has 0 fully saturated rings. The molecule has 1 aromatic rings. The number of nitrogens with zero attached hydrogens (tertiary/aromatic N) is 1. The van der Waals surface area contributed by atoms with Crippen LogP contribution in [0.15, 0.2) is 6.07 Å². The van der Waals surface area contributed by atoms with Gasteiger partial charge in [-0.1, -0.05) is 0 Å². The van der Waals surface area contributed by atoms with Crippen molar-refractivity contribution in [3.63, 3.8) is 0 Å². The van der Waals surface area contributed by atoms with E-state index in [1.807, 2.05) is 0 Å². The predicted octanol–water partition coefficient (Wildman–Crippen LogP) is 0.878. The van der Waals surface area contributed by atoms with E-state index in [0.717, 1.165) is 0 Å². The fraction of sp³-hybridized carbons (Fsp3) is 0. The van der Waals surface area contributed by atoms with Crippen molar-refractivity contribution in [3.05, 3.63) is 23.5 Å². The topological polar surface area (TPSA) is 50.2 Å². The van der Waals surface area contributed by atoms with Gasteiger partial charge in [0.25, 0.3) is 5.95 Å². The highest BCUT2D eigenvalue weighted by Gasteiger charge is 2.09. The van der Waals surface area contributed by atoms with Gasteiger partial charge in [0.2, 0.25) is 5.95 Å². The summed E-state index contributed by atoms with van der Waals surface area (Å²) >= 11 is 0. The molecule has 0 atom stereocenters. The van der Waals surface area contributed by atoms with Gasteiger partial charge in [-0.2, -0.15) is 13.8 Å². The second-order valence-corrected chi connectivity index (χ2v) is 1.79. The predicted molar refractivity (Wildman–Crippen MR) is 31.2 cm³/mol. The highest BCUT2D eigenvalue weighted by Crippen LogP contribution is 2.17. The number of pyridine rings is 1. The molecule has 58 valence electrons. The summed E-state index contributed by atoms with van der Waals surface area (Å²) in [6.45, 7) is 0. The van der Waals surface area contributed by atoms with Gasteiger partial charge in [-0.05, 0) is 0 Å². The Morgan fingerprint density at radius 3 is 2.73 bits per heavy atom. The molecule has 0 bridgehead atoms. The number of hydrogen-bond donors (Lipinski definition) is 1. The van der Waals surface area contributed by atoms with E-state index in [-0.39, 0.29) is 6.29 Å². The minimum absolute atomic E-state index is 0.142. The van der Waals surface area contributed by atoms with Crippen LogP contribution in [0.1, 0.15) is 10.4 Å². The summed E-state index contributed by atoms with van der Waals surface area (Å²) in [5, 5.41) is 8.69. The van der Waals surface area contributed by atoms with Crippen LogP contribution in [0.5, 0.6) is 5.75 Å². The van der Waals surface area contributed by atoms with Gasteiger partial charge in [0.15, 0.2) is 12.0 Å². The number of aldehydes is 1. The lowest BCUT2D eigenvalue weighted by Gasteiger charge is -1.96. The summed E-state index contributed by atoms with van der Waals surface area (Å²) in [4.78, 5) is 12.7. The Morgan fingerprint density at radius 1 is 1.55 bits per heavy atom. The second kappa shape index (κ2) is 2.61. The van der Waals surface area contributed by atoms with Crippen LogP contribution >= 0.6 is 0 Å². The zero-order valence-corrected chi connectivity index (χ0v) is 5.21. The van der Waals surface area contributed by atoms with E-state index in [9.17, 15) is 13.6 Å². The van der Waals surface area contributed by atoms with E-state index in [0.29, 0.717) is 6.07 Å². The van der Waals surface area contributed by atoms with Crippen LogP contribution in [0.25, 0.3) is 0 Å². The smallest absolute Gasteiger partial charge is 0.258 e. The first-order chi connectivity index (χ1) is 5.15. The van der Waals surface area contributed by atoms with Crippen molar-refractivity contribution in [2.24, 2.45) is 0 Å². The molecule has 0 aliphatic carbocycles. The Morgan fingerprint density at radius 2 is 2.18 bits per heavy atom. The van der Waals surface area contributed by atoms with Crippen LogP contribution in [0.2, 0.25) is 0 Å². The van der Waals surface area contributed by atoms with E-state index >= 15 is 0 Å². The van der Waals surface area contributed by atoms with E-state index in [1.54, 1.807) is 0 Å². The molecule has 1 N–H and O–H groups in total. The Bertz CT molecular complexity index is 301. The summed E-state index contributed by atoms with van der Waals surface area (Å²) in [7, 11) is 0. The van der Waals surface area contributed by atoms with Crippen LogP contribution in [0, 0.1) is 11.9 Å². The molecular weight excluding hydrogens is 156 g/mol. The summed E-state index contributed by atoms with van der Waals surface area (Å²) in [6, 6.07) is 0.644. The number of halogens is 2. The molecule has 0 radical (unpaired) electrons. The minimum atomic E-state index is -1.38. The lowest BCUT2D eigenvalue weighted by Crippen LogP contribution is -1.93. The fourth-order valence-electron chi connectivity index (χ4n) is 0.585. The molecule has 0 aromatic carbocycles. The lowest BCUT2D eigenvalue weighted by molar-refractivity contribution is 0.111. The molecule has 0 saturated heterocycles. The monoisotopic (exact) mass is 159 g/mol. The molecule has 0 spiro atoms. The third-order valence-electron chi connectivity index (χ3n) is 1.08. The van der Waals surface area contributed by atoms with Crippen molar-refractivity contribution in [2.75, 3.05) is 0 Å². The van der Waals surface area contributed by atoms with E-state index in [1.165, 1.54) is 0 Å². The van der Waals surface area contributed by atoms with Gasteiger partial charge < -0.3 is 5.11 Å². The fourth-order valence-corrected chi connectivity index (χ4v) is 0.585. The molecule has 0 unspecified atom stereocenters. The number of carbonyl (C=O) groups excluding carboxylic acids is 1. The Hall–Kier alpha value is -1.52. The molecule has 0 amide bonds. The summed E-state index contributed by atoms with van der Waals surface area (Å²) in [6.07, 6.45) is 0.142. The molecule has 1 heterocycles. The molecule has 3 nitrogen and oxygen atoms in total. The first-order valence-electron chi connectivity index (χ1n) is 2.65. The maximum atomic E-state index is 12.3. The quantitative estimate of drug-likeness (QED) is 0.488. The van der Waals surface area contributed by atoms with E-state index < -0.39 is 23.2 Å². The van der Waals surface area contributed by atoms with Crippen molar-refractivity contribution in [1.82, 2.24) is 4.98 Å². The maximum Gasteiger partial charge on any atom is 0.258 e. The molecule has 5 heteroatoms. The van der Waals surface area contributed by atoms with Crippen molar-refractivity contribution in [3.8, 4) is 5.75 Å². The molecule has 11 heavy (non-hydrogen) atoms. The van der Waals surface area contributed by atoms with Crippen LogP contribution in [0.3, 0.4) is 0 Å². The SMILES string of the molecule is O=Cc1cc(F)nc(F)c1O. The molecular formula is C6H3F2NO2. The number of rotatable bonds is 1. The number of aromatic nitrogens is 1. The molecule has 0 saturated carbocycles. The van der Waals surface area contributed by atoms with Gasteiger partial charge in [0, 0.05) is 6.07 Å². The highest BCUT2D eigenvalue weighted by atomic mass is 19.1. The van der Waals surface area contributed by atoms with Crippen molar-refractivity contribution >= 4 is 6.29 Å². The van der Waals surface area contributed by atoms with Crippen LogP contribution < -0.4 is 0 Å².